The average molecular weight is 535 g/mol. The van der Waals surface area contributed by atoms with Crippen molar-refractivity contribution in [1.29, 1.82) is 0 Å². The van der Waals surface area contributed by atoms with E-state index in [9.17, 15) is 29.4 Å². The number of imidazole rings is 1. The summed E-state index contributed by atoms with van der Waals surface area (Å²) in [5.74, 6) is -2.75. The molecule has 37 heavy (non-hydrogen) atoms. The Bertz CT molecular complexity index is 1020. The summed E-state index contributed by atoms with van der Waals surface area (Å²) in [7, 11) is 0. The predicted octanol–water partition coefficient (Wildman–Crippen LogP) is -0.805. The normalized spacial score (nSPS) is 15.0. The van der Waals surface area contributed by atoms with Gasteiger partial charge in [0.25, 0.3) is 0 Å². The number of carboxylic acid groups (broad SMARTS) is 1. The smallest absolute Gasteiger partial charge is 0.326 e. The molecule has 12 nitrogen and oxygen atoms in total. The SMILES string of the molecule is CSCCC(NC(=O)C(Cc1ccccc1)NC(=O)C(N)C(C)O)C(=O)NC(Cc1cnc[nH]1)C(=O)O. The van der Waals surface area contributed by atoms with Gasteiger partial charge in [0, 0.05) is 24.7 Å². The van der Waals surface area contributed by atoms with Crippen molar-refractivity contribution in [3.8, 4) is 0 Å². The Hall–Kier alpha value is -3.42. The van der Waals surface area contributed by atoms with Gasteiger partial charge in [-0.15, -0.1) is 0 Å². The van der Waals surface area contributed by atoms with E-state index in [2.05, 4.69) is 25.9 Å². The number of aliphatic hydroxyl groups excluding tert-OH is 1. The van der Waals surface area contributed by atoms with Crippen molar-refractivity contribution in [3.63, 3.8) is 0 Å². The monoisotopic (exact) mass is 534 g/mol. The van der Waals surface area contributed by atoms with Crippen LogP contribution < -0.4 is 21.7 Å². The fourth-order valence-electron chi connectivity index (χ4n) is 3.41. The van der Waals surface area contributed by atoms with Crippen LogP contribution in [0.3, 0.4) is 0 Å². The molecule has 1 aromatic heterocycles. The number of nitrogens with two attached hydrogens (primary N) is 1. The lowest BCUT2D eigenvalue weighted by molar-refractivity contribution is -0.142. The van der Waals surface area contributed by atoms with Gasteiger partial charge in [0.05, 0.1) is 12.4 Å². The molecule has 2 rings (SSSR count). The number of aromatic amines is 1. The molecule has 13 heteroatoms. The van der Waals surface area contributed by atoms with Gasteiger partial charge in [0.1, 0.15) is 24.2 Å². The van der Waals surface area contributed by atoms with Gasteiger partial charge >= 0.3 is 5.97 Å². The molecule has 0 aliphatic carbocycles. The lowest BCUT2D eigenvalue weighted by Gasteiger charge is -2.25. The quantitative estimate of drug-likeness (QED) is 0.153. The van der Waals surface area contributed by atoms with E-state index < -0.39 is 54.0 Å². The zero-order valence-electron chi connectivity index (χ0n) is 20.7. The van der Waals surface area contributed by atoms with Crippen LogP contribution in [0.1, 0.15) is 24.6 Å². The largest absolute Gasteiger partial charge is 0.480 e. The lowest BCUT2D eigenvalue weighted by atomic mass is 10.0. The number of hydrogen-bond donors (Lipinski definition) is 7. The number of aliphatic carboxylic acids is 1. The van der Waals surface area contributed by atoms with Crippen molar-refractivity contribution in [2.24, 2.45) is 5.73 Å². The number of H-pyrrole nitrogens is 1. The minimum absolute atomic E-state index is 0.0197. The Kier molecular flexibility index (Phi) is 12.1. The van der Waals surface area contributed by atoms with Crippen LogP contribution in [0.5, 0.6) is 0 Å². The zero-order valence-corrected chi connectivity index (χ0v) is 21.5. The van der Waals surface area contributed by atoms with Crippen molar-refractivity contribution < 1.29 is 29.4 Å². The number of hydrogen-bond acceptors (Lipinski definition) is 8. The second kappa shape index (κ2) is 15.0. The van der Waals surface area contributed by atoms with Crippen molar-refractivity contribution in [1.82, 2.24) is 25.9 Å². The molecule has 5 unspecified atom stereocenters. The van der Waals surface area contributed by atoms with Crippen molar-refractivity contribution in [2.45, 2.75) is 56.5 Å². The lowest BCUT2D eigenvalue weighted by Crippen LogP contribution is -2.58. The van der Waals surface area contributed by atoms with Crippen LogP contribution in [0.4, 0.5) is 0 Å². The van der Waals surface area contributed by atoms with Gasteiger partial charge in [-0.3, -0.25) is 14.4 Å². The number of rotatable bonds is 15. The van der Waals surface area contributed by atoms with Gasteiger partial charge < -0.3 is 36.9 Å². The summed E-state index contributed by atoms with van der Waals surface area (Å²) in [6.07, 6.45) is 3.89. The summed E-state index contributed by atoms with van der Waals surface area (Å²) in [5, 5.41) is 27.0. The Morgan fingerprint density at radius 1 is 1.00 bits per heavy atom. The van der Waals surface area contributed by atoms with Crippen molar-refractivity contribution in [3.05, 3.63) is 54.1 Å². The highest BCUT2D eigenvalue weighted by atomic mass is 32.2. The van der Waals surface area contributed by atoms with E-state index >= 15 is 0 Å². The van der Waals surface area contributed by atoms with Crippen LogP contribution in [0.25, 0.3) is 0 Å². The highest BCUT2D eigenvalue weighted by Gasteiger charge is 2.31. The summed E-state index contributed by atoms with van der Waals surface area (Å²) >= 11 is 1.46. The van der Waals surface area contributed by atoms with E-state index in [1.807, 2.05) is 12.3 Å². The third-order valence-corrected chi connectivity index (χ3v) is 6.22. The van der Waals surface area contributed by atoms with Crippen LogP contribution in [-0.4, -0.2) is 86.2 Å². The Morgan fingerprint density at radius 2 is 1.62 bits per heavy atom. The number of benzene rings is 1. The number of aromatic nitrogens is 2. The summed E-state index contributed by atoms with van der Waals surface area (Å²) in [6.45, 7) is 1.36. The second-order valence-electron chi connectivity index (χ2n) is 8.54. The zero-order chi connectivity index (χ0) is 27.4. The molecule has 0 saturated carbocycles. The third-order valence-electron chi connectivity index (χ3n) is 5.58. The van der Waals surface area contributed by atoms with Crippen LogP contribution in [0, 0.1) is 0 Å². The maximum absolute atomic E-state index is 13.3. The van der Waals surface area contributed by atoms with E-state index in [0.29, 0.717) is 11.4 Å². The molecule has 0 radical (unpaired) electrons. The minimum atomic E-state index is -1.25. The first-order chi connectivity index (χ1) is 17.6. The number of amides is 3. The first kappa shape index (κ1) is 29.8. The van der Waals surface area contributed by atoms with E-state index in [0.717, 1.165) is 5.56 Å². The molecule has 8 N–H and O–H groups in total. The van der Waals surface area contributed by atoms with Crippen LogP contribution in [-0.2, 0) is 32.0 Å². The molecule has 0 aliphatic rings. The highest BCUT2D eigenvalue weighted by molar-refractivity contribution is 7.98. The first-order valence-corrected chi connectivity index (χ1v) is 13.1. The molecule has 2 aromatic rings. The maximum atomic E-state index is 13.3. The molecular weight excluding hydrogens is 500 g/mol. The van der Waals surface area contributed by atoms with Crippen LogP contribution in [0.15, 0.2) is 42.9 Å². The number of carboxylic acids is 1. The summed E-state index contributed by atoms with van der Waals surface area (Å²) < 4.78 is 0. The summed E-state index contributed by atoms with van der Waals surface area (Å²) in [6, 6.07) is 4.31. The molecule has 0 spiro atoms. The van der Waals surface area contributed by atoms with E-state index in [-0.39, 0.29) is 19.3 Å². The number of carbonyl (C=O) groups excluding carboxylic acids is 3. The molecule has 1 aromatic carbocycles. The van der Waals surface area contributed by atoms with E-state index in [1.165, 1.54) is 31.2 Å². The fraction of sp³-hybridized carbons (Fsp3) is 0.458. The van der Waals surface area contributed by atoms with Crippen molar-refractivity contribution in [2.75, 3.05) is 12.0 Å². The third kappa shape index (κ3) is 9.86. The van der Waals surface area contributed by atoms with Crippen LogP contribution in [0.2, 0.25) is 0 Å². The predicted molar refractivity (Wildman–Crippen MR) is 139 cm³/mol. The summed E-state index contributed by atoms with van der Waals surface area (Å²) in [5.41, 5.74) is 7.01. The summed E-state index contributed by atoms with van der Waals surface area (Å²) in [4.78, 5) is 57.3. The Balaban J connectivity index is 2.19. The molecule has 0 aliphatic heterocycles. The van der Waals surface area contributed by atoms with Gasteiger partial charge in [-0.1, -0.05) is 30.3 Å². The number of thioether (sulfide) groups is 1. The second-order valence-corrected chi connectivity index (χ2v) is 9.53. The topological polar surface area (TPSA) is 200 Å². The molecule has 0 saturated heterocycles. The molecule has 0 fully saturated rings. The molecule has 202 valence electrons. The maximum Gasteiger partial charge on any atom is 0.326 e. The number of nitrogens with zero attached hydrogens (tertiary/aromatic N) is 1. The molecule has 3 amide bonds. The minimum Gasteiger partial charge on any atom is -0.480 e. The molecular formula is C24H34N6O6S. The van der Waals surface area contributed by atoms with Crippen LogP contribution >= 0.6 is 11.8 Å². The van der Waals surface area contributed by atoms with Gasteiger partial charge in [0.2, 0.25) is 17.7 Å². The van der Waals surface area contributed by atoms with Crippen molar-refractivity contribution >= 4 is 35.5 Å². The highest BCUT2D eigenvalue weighted by Crippen LogP contribution is 2.08. The van der Waals surface area contributed by atoms with E-state index in [1.54, 1.807) is 24.3 Å². The number of aliphatic hydroxyl groups is 1. The van der Waals surface area contributed by atoms with Gasteiger partial charge in [-0.05, 0) is 30.9 Å². The Labute approximate surface area is 219 Å². The van der Waals surface area contributed by atoms with E-state index in [4.69, 9.17) is 5.73 Å². The Morgan fingerprint density at radius 3 is 2.19 bits per heavy atom. The molecule has 5 atom stereocenters. The van der Waals surface area contributed by atoms with Gasteiger partial charge in [0.15, 0.2) is 0 Å². The van der Waals surface area contributed by atoms with Gasteiger partial charge in [-0.2, -0.15) is 11.8 Å². The molecule has 1 heterocycles. The average Bonchev–Trinajstić information content (AvgIpc) is 3.38. The first-order valence-electron chi connectivity index (χ1n) is 11.7. The fourth-order valence-corrected chi connectivity index (χ4v) is 3.88. The van der Waals surface area contributed by atoms with Gasteiger partial charge in [-0.25, -0.2) is 9.78 Å². The number of nitrogens with one attached hydrogen (secondary N) is 4. The standard InChI is InChI=1S/C24H34N6O6S/c1-14(31)20(25)23(34)29-18(10-15-6-4-3-5-7-15)22(33)28-17(8-9-37-2)21(32)30-19(24(35)36)11-16-12-26-13-27-16/h3-7,12-14,17-20,31H,8-11,25H2,1-2H3,(H,26,27)(H,28,33)(H,29,34)(H,30,32)(H,35,36). The number of carbonyl (C=O) groups is 4. The molecule has 0 bridgehead atoms.